The van der Waals surface area contributed by atoms with Crippen molar-refractivity contribution in [2.45, 2.75) is 13.3 Å². The lowest BCUT2D eigenvalue weighted by molar-refractivity contribution is 0.130. The van der Waals surface area contributed by atoms with E-state index in [1.807, 2.05) is 6.92 Å². The first kappa shape index (κ1) is 10.7. The molecule has 0 spiro atoms. The maximum Gasteiger partial charge on any atom is 0.234 e. The van der Waals surface area contributed by atoms with Crippen LogP contribution in [-0.2, 0) is 4.74 Å². The molecule has 1 aromatic rings. The van der Waals surface area contributed by atoms with Crippen LogP contribution >= 0.6 is 0 Å². The van der Waals surface area contributed by atoms with Gasteiger partial charge in [0.1, 0.15) is 5.82 Å². The summed E-state index contributed by atoms with van der Waals surface area (Å²) in [5, 5.41) is 0. The van der Waals surface area contributed by atoms with Crippen LogP contribution in [0.2, 0.25) is 0 Å². The standard InChI is InChI=1S/C9H15N3O2/c1-2-13-4-3-5-14-9-7-11-6-8(10)12-9/h6-7H,2-5H2,1H3,(H2,10,12). The molecule has 0 saturated carbocycles. The molecule has 0 aliphatic rings. The number of rotatable bonds is 6. The molecular formula is C9H15N3O2. The summed E-state index contributed by atoms with van der Waals surface area (Å²) in [4.78, 5) is 7.80. The lowest BCUT2D eigenvalue weighted by Crippen LogP contribution is -2.04. The van der Waals surface area contributed by atoms with Gasteiger partial charge in [-0.3, -0.25) is 4.98 Å². The van der Waals surface area contributed by atoms with Crippen LogP contribution in [0.25, 0.3) is 0 Å². The highest BCUT2D eigenvalue weighted by molar-refractivity contribution is 5.25. The molecule has 0 radical (unpaired) electrons. The second-order valence-corrected chi connectivity index (χ2v) is 2.68. The van der Waals surface area contributed by atoms with Crippen LogP contribution in [0.15, 0.2) is 12.4 Å². The Kier molecular flexibility index (Phi) is 4.71. The first-order valence-electron chi connectivity index (χ1n) is 4.61. The van der Waals surface area contributed by atoms with Gasteiger partial charge >= 0.3 is 0 Å². The number of nitrogens with two attached hydrogens (primary N) is 1. The molecule has 1 aromatic heterocycles. The Morgan fingerprint density at radius 1 is 1.36 bits per heavy atom. The Balaban J connectivity index is 2.18. The molecule has 0 fully saturated rings. The number of nitrogen functional groups attached to an aromatic ring is 1. The van der Waals surface area contributed by atoms with E-state index in [1.54, 1.807) is 0 Å². The lowest BCUT2D eigenvalue weighted by atomic mass is 10.5. The van der Waals surface area contributed by atoms with Crippen LogP contribution in [0.1, 0.15) is 13.3 Å². The number of ether oxygens (including phenoxy) is 2. The molecule has 5 nitrogen and oxygen atoms in total. The van der Waals surface area contributed by atoms with E-state index in [-0.39, 0.29) is 0 Å². The van der Waals surface area contributed by atoms with Gasteiger partial charge in [0.05, 0.1) is 19.0 Å². The minimum absolute atomic E-state index is 0.368. The predicted molar refractivity (Wildman–Crippen MR) is 53.0 cm³/mol. The van der Waals surface area contributed by atoms with Crippen LogP contribution in [0.3, 0.4) is 0 Å². The van der Waals surface area contributed by atoms with E-state index in [0.29, 0.717) is 24.9 Å². The fourth-order valence-electron chi connectivity index (χ4n) is 0.914. The van der Waals surface area contributed by atoms with Crippen LogP contribution in [-0.4, -0.2) is 29.8 Å². The molecule has 0 aromatic carbocycles. The molecule has 1 heterocycles. The van der Waals surface area contributed by atoms with Gasteiger partial charge < -0.3 is 15.2 Å². The Labute approximate surface area is 83.3 Å². The molecule has 0 amide bonds. The maximum atomic E-state index is 5.43. The second kappa shape index (κ2) is 6.15. The van der Waals surface area contributed by atoms with Gasteiger partial charge in [-0.1, -0.05) is 0 Å². The first-order chi connectivity index (χ1) is 6.83. The Morgan fingerprint density at radius 2 is 2.21 bits per heavy atom. The van der Waals surface area contributed by atoms with Crippen molar-refractivity contribution < 1.29 is 9.47 Å². The molecule has 0 atom stereocenters. The summed E-state index contributed by atoms with van der Waals surface area (Å²) in [7, 11) is 0. The minimum atomic E-state index is 0.368. The molecule has 0 aliphatic carbocycles. The smallest absolute Gasteiger partial charge is 0.234 e. The Bertz CT molecular complexity index is 268. The lowest BCUT2D eigenvalue weighted by Gasteiger charge is -2.04. The van der Waals surface area contributed by atoms with Crippen LogP contribution < -0.4 is 10.5 Å². The van der Waals surface area contributed by atoms with Crippen molar-refractivity contribution in [2.24, 2.45) is 0 Å². The Hall–Kier alpha value is -1.36. The molecule has 0 bridgehead atoms. The zero-order valence-electron chi connectivity index (χ0n) is 8.27. The van der Waals surface area contributed by atoms with Crippen molar-refractivity contribution in [3.05, 3.63) is 12.4 Å². The summed E-state index contributed by atoms with van der Waals surface area (Å²) in [6, 6.07) is 0. The average molecular weight is 197 g/mol. The van der Waals surface area contributed by atoms with Gasteiger partial charge in [-0.25, -0.2) is 0 Å². The van der Waals surface area contributed by atoms with Crippen LogP contribution in [0, 0.1) is 0 Å². The van der Waals surface area contributed by atoms with E-state index in [2.05, 4.69) is 9.97 Å². The third kappa shape index (κ3) is 4.04. The second-order valence-electron chi connectivity index (χ2n) is 2.68. The molecule has 14 heavy (non-hydrogen) atoms. The van der Waals surface area contributed by atoms with Crippen molar-refractivity contribution >= 4 is 5.82 Å². The molecular weight excluding hydrogens is 182 g/mol. The summed E-state index contributed by atoms with van der Waals surface area (Å²) < 4.78 is 10.5. The third-order valence-electron chi connectivity index (χ3n) is 1.52. The first-order valence-corrected chi connectivity index (χ1v) is 4.61. The van der Waals surface area contributed by atoms with E-state index in [0.717, 1.165) is 13.0 Å². The van der Waals surface area contributed by atoms with Gasteiger partial charge in [-0.05, 0) is 6.92 Å². The molecule has 0 unspecified atom stereocenters. The minimum Gasteiger partial charge on any atom is -0.476 e. The van der Waals surface area contributed by atoms with Crippen molar-refractivity contribution in [3.8, 4) is 5.88 Å². The van der Waals surface area contributed by atoms with Crippen molar-refractivity contribution in [1.29, 1.82) is 0 Å². The molecule has 1 rings (SSSR count). The van der Waals surface area contributed by atoms with Gasteiger partial charge in [-0.15, -0.1) is 0 Å². The van der Waals surface area contributed by atoms with Crippen LogP contribution in [0.4, 0.5) is 5.82 Å². The van der Waals surface area contributed by atoms with Crippen molar-refractivity contribution in [3.63, 3.8) is 0 Å². The summed E-state index contributed by atoms with van der Waals surface area (Å²) in [5.41, 5.74) is 5.43. The van der Waals surface area contributed by atoms with Gasteiger partial charge in [-0.2, -0.15) is 4.98 Å². The van der Waals surface area contributed by atoms with Crippen molar-refractivity contribution in [1.82, 2.24) is 9.97 Å². The molecule has 5 heteroatoms. The average Bonchev–Trinajstić information content (AvgIpc) is 2.18. The fraction of sp³-hybridized carbons (Fsp3) is 0.556. The maximum absolute atomic E-state index is 5.43. The summed E-state index contributed by atoms with van der Waals surface area (Å²) in [6.45, 7) is 3.96. The topological polar surface area (TPSA) is 70.3 Å². The zero-order chi connectivity index (χ0) is 10.2. The van der Waals surface area contributed by atoms with E-state index >= 15 is 0 Å². The quantitative estimate of drug-likeness (QED) is 0.685. The van der Waals surface area contributed by atoms with E-state index < -0.39 is 0 Å². The zero-order valence-corrected chi connectivity index (χ0v) is 8.27. The summed E-state index contributed by atoms with van der Waals surface area (Å²) in [5.74, 6) is 0.828. The highest BCUT2D eigenvalue weighted by atomic mass is 16.5. The van der Waals surface area contributed by atoms with Gasteiger partial charge in [0.25, 0.3) is 0 Å². The number of hydrogen-bond acceptors (Lipinski definition) is 5. The van der Waals surface area contributed by atoms with Crippen molar-refractivity contribution in [2.75, 3.05) is 25.6 Å². The third-order valence-corrected chi connectivity index (χ3v) is 1.52. The largest absolute Gasteiger partial charge is 0.476 e. The molecule has 2 N–H and O–H groups in total. The molecule has 0 aliphatic heterocycles. The SMILES string of the molecule is CCOCCCOc1cncc(N)n1. The highest BCUT2D eigenvalue weighted by Crippen LogP contribution is 2.05. The monoisotopic (exact) mass is 197 g/mol. The number of anilines is 1. The fourth-order valence-corrected chi connectivity index (χ4v) is 0.914. The van der Waals surface area contributed by atoms with Gasteiger partial charge in [0, 0.05) is 19.6 Å². The van der Waals surface area contributed by atoms with Gasteiger partial charge in [0.15, 0.2) is 0 Å². The normalized spacial score (nSPS) is 10.1. The van der Waals surface area contributed by atoms with Gasteiger partial charge in [0.2, 0.25) is 5.88 Å². The number of hydrogen-bond donors (Lipinski definition) is 1. The molecule has 0 saturated heterocycles. The summed E-state index contributed by atoms with van der Waals surface area (Å²) in [6.07, 6.45) is 3.86. The van der Waals surface area contributed by atoms with E-state index in [9.17, 15) is 0 Å². The number of nitrogens with zero attached hydrogens (tertiary/aromatic N) is 2. The Morgan fingerprint density at radius 3 is 2.93 bits per heavy atom. The van der Waals surface area contributed by atoms with Crippen LogP contribution in [0.5, 0.6) is 5.88 Å². The number of aromatic nitrogens is 2. The summed E-state index contributed by atoms with van der Waals surface area (Å²) >= 11 is 0. The van der Waals surface area contributed by atoms with E-state index in [1.165, 1.54) is 12.4 Å². The highest BCUT2D eigenvalue weighted by Gasteiger charge is 1.96. The van der Waals surface area contributed by atoms with E-state index in [4.69, 9.17) is 15.2 Å². The predicted octanol–water partition coefficient (Wildman–Crippen LogP) is 0.864. The molecule has 78 valence electrons.